The van der Waals surface area contributed by atoms with Gasteiger partial charge in [0.05, 0.1) is 0 Å². The second-order valence-corrected chi connectivity index (χ2v) is 5.61. The van der Waals surface area contributed by atoms with Crippen LogP contribution in [0.3, 0.4) is 0 Å². The third-order valence-electron chi connectivity index (χ3n) is 4.36. The fourth-order valence-electron chi connectivity index (χ4n) is 3.23. The minimum absolute atomic E-state index is 0.537. The van der Waals surface area contributed by atoms with Crippen LogP contribution >= 0.6 is 0 Å². The molecule has 0 radical (unpaired) electrons. The Bertz CT molecular complexity index is 130. The van der Waals surface area contributed by atoms with Crippen molar-refractivity contribution in [1.82, 2.24) is 0 Å². The summed E-state index contributed by atoms with van der Waals surface area (Å²) in [6.07, 6.45) is 8.19. The Labute approximate surface area is 97.8 Å². The van der Waals surface area contributed by atoms with E-state index in [-0.39, 0.29) is 0 Å². The first-order chi connectivity index (χ1) is 7.04. The first-order valence-corrected chi connectivity index (χ1v) is 7.04. The van der Waals surface area contributed by atoms with E-state index in [0.717, 1.165) is 11.8 Å². The van der Waals surface area contributed by atoms with Crippen LogP contribution in [0.1, 0.15) is 80.1 Å². The van der Waals surface area contributed by atoms with Crippen molar-refractivity contribution in [2.24, 2.45) is 17.3 Å². The molecule has 0 aliphatic carbocycles. The lowest BCUT2D eigenvalue weighted by molar-refractivity contribution is 0.0910. The first-order valence-electron chi connectivity index (χ1n) is 7.04. The minimum atomic E-state index is 0.537. The monoisotopic (exact) mass is 212 g/mol. The van der Waals surface area contributed by atoms with Gasteiger partial charge in [0.2, 0.25) is 0 Å². The van der Waals surface area contributed by atoms with Crippen LogP contribution in [0.2, 0.25) is 0 Å². The lowest BCUT2D eigenvalue weighted by atomic mass is 9.65. The van der Waals surface area contributed by atoms with Gasteiger partial charge in [-0.05, 0) is 17.3 Å². The highest BCUT2D eigenvalue weighted by Gasteiger charge is 2.33. The molecular weight excluding hydrogens is 180 g/mol. The summed E-state index contributed by atoms with van der Waals surface area (Å²) in [6, 6.07) is 0. The van der Waals surface area contributed by atoms with Gasteiger partial charge < -0.3 is 0 Å². The van der Waals surface area contributed by atoms with E-state index in [1.165, 1.54) is 38.5 Å². The second-order valence-electron chi connectivity index (χ2n) is 5.61. The quantitative estimate of drug-likeness (QED) is 0.486. The molecule has 0 bridgehead atoms. The van der Waals surface area contributed by atoms with Gasteiger partial charge in [-0.2, -0.15) is 0 Å². The molecule has 92 valence electrons. The van der Waals surface area contributed by atoms with Crippen molar-refractivity contribution in [3.8, 4) is 0 Å². The van der Waals surface area contributed by atoms with Crippen molar-refractivity contribution in [2.75, 3.05) is 0 Å². The Kier molecular flexibility index (Phi) is 7.30. The maximum Gasteiger partial charge on any atom is -0.0298 e. The van der Waals surface area contributed by atoms with Crippen LogP contribution < -0.4 is 0 Å². The lowest BCUT2D eigenvalue weighted by Gasteiger charge is -2.41. The zero-order valence-electron chi connectivity index (χ0n) is 11.9. The molecule has 0 rings (SSSR count). The molecule has 0 aliphatic rings. The molecule has 0 aromatic carbocycles. The van der Waals surface area contributed by atoms with E-state index < -0.39 is 0 Å². The van der Waals surface area contributed by atoms with Gasteiger partial charge in [0.1, 0.15) is 0 Å². The molecular formula is C15H32. The summed E-state index contributed by atoms with van der Waals surface area (Å²) in [4.78, 5) is 0. The lowest BCUT2D eigenvalue weighted by Crippen LogP contribution is -2.32. The van der Waals surface area contributed by atoms with Crippen molar-refractivity contribution in [2.45, 2.75) is 80.1 Å². The van der Waals surface area contributed by atoms with Gasteiger partial charge in [-0.1, -0.05) is 80.1 Å². The molecule has 0 amide bonds. The highest BCUT2D eigenvalue weighted by molar-refractivity contribution is 4.83. The van der Waals surface area contributed by atoms with E-state index in [1.807, 2.05) is 0 Å². The molecule has 0 spiro atoms. The molecule has 0 aromatic heterocycles. The predicted molar refractivity (Wildman–Crippen MR) is 71.2 cm³/mol. The molecule has 0 heteroatoms. The highest BCUT2D eigenvalue weighted by atomic mass is 14.4. The van der Waals surface area contributed by atoms with E-state index in [9.17, 15) is 0 Å². The molecule has 0 aromatic rings. The molecule has 0 saturated carbocycles. The van der Waals surface area contributed by atoms with Gasteiger partial charge in [0.25, 0.3) is 0 Å². The summed E-state index contributed by atoms with van der Waals surface area (Å²) >= 11 is 0. The van der Waals surface area contributed by atoms with Crippen LogP contribution in [-0.2, 0) is 0 Å². The van der Waals surface area contributed by atoms with Crippen molar-refractivity contribution in [3.63, 3.8) is 0 Å². The molecule has 0 fully saturated rings. The Morgan fingerprint density at radius 2 is 1.07 bits per heavy atom. The number of rotatable bonds is 8. The van der Waals surface area contributed by atoms with Gasteiger partial charge in [0, 0.05) is 0 Å². The van der Waals surface area contributed by atoms with Crippen molar-refractivity contribution >= 4 is 0 Å². The largest absolute Gasteiger partial charge is 0.0654 e. The zero-order valence-corrected chi connectivity index (χ0v) is 11.9. The summed E-state index contributed by atoms with van der Waals surface area (Å²) in [6.45, 7) is 14.4. The highest BCUT2D eigenvalue weighted by Crippen LogP contribution is 2.43. The van der Waals surface area contributed by atoms with Crippen molar-refractivity contribution < 1.29 is 0 Å². The van der Waals surface area contributed by atoms with E-state index in [2.05, 4.69) is 41.5 Å². The summed E-state index contributed by atoms with van der Waals surface area (Å²) < 4.78 is 0. The van der Waals surface area contributed by atoms with Crippen LogP contribution in [0.5, 0.6) is 0 Å². The van der Waals surface area contributed by atoms with E-state index in [0.29, 0.717) is 5.41 Å². The summed E-state index contributed by atoms with van der Waals surface area (Å²) in [5.74, 6) is 1.83. The Balaban J connectivity index is 4.55. The van der Waals surface area contributed by atoms with Gasteiger partial charge in [0.15, 0.2) is 0 Å². The molecule has 0 heterocycles. The van der Waals surface area contributed by atoms with Crippen LogP contribution in [-0.4, -0.2) is 0 Å². The van der Waals surface area contributed by atoms with Gasteiger partial charge in [-0.3, -0.25) is 0 Å². The molecule has 15 heavy (non-hydrogen) atoms. The zero-order chi connectivity index (χ0) is 11.9. The molecule has 0 saturated heterocycles. The van der Waals surface area contributed by atoms with Crippen molar-refractivity contribution in [1.29, 1.82) is 0 Å². The Morgan fingerprint density at radius 1 is 0.733 bits per heavy atom. The maximum atomic E-state index is 2.50. The molecule has 2 unspecified atom stereocenters. The molecule has 2 atom stereocenters. The average molecular weight is 212 g/mol. The fraction of sp³-hybridized carbons (Fsp3) is 1.00. The van der Waals surface area contributed by atoms with Crippen LogP contribution in [0.25, 0.3) is 0 Å². The fourth-order valence-corrected chi connectivity index (χ4v) is 3.23. The maximum absolute atomic E-state index is 2.50. The summed E-state index contributed by atoms with van der Waals surface area (Å²) in [5, 5.41) is 0. The molecule has 0 aliphatic heterocycles. The topological polar surface area (TPSA) is 0 Å². The second kappa shape index (κ2) is 7.30. The van der Waals surface area contributed by atoms with E-state index >= 15 is 0 Å². The molecule has 0 N–H and O–H groups in total. The standard InChI is InChI=1S/C15H32/c1-7-11-13(9-3)15(5,6)14(10-4)12-8-2/h13-14H,7-12H2,1-6H3. The minimum Gasteiger partial charge on any atom is -0.0654 e. The van der Waals surface area contributed by atoms with Crippen molar-refractivity contribution in [3.05, 3.63) is 0 Å². The molecule has 0 nitrogen and oxygen atoms in total. The predicted octanol–water partition coefficient (Wildman–Crippen LogP) is 5.67. The SMILES string of the molecule is CCCC(CC)C(C)(C)C(CC)CCC. The summed E-state index contributed by atoms with van der Waals surface area (Å²) in [5.41, 5.74) is 0.537. The summed E-state index contributed by atoms with van der Waals surface area (Å²) in [7, 11) is 0. The van der Waals surface area contributed by atoms with Crippen LogP contribution in [0.4, 0.5) is 0 Å². The average Bonchev–Trinajstić information content (AvgIpc) is 2.21. The third kappa shape index (κ3) is 4.17. The Hall–Kier alpha value is 0. The van der Waals surface area contributed by atoms with Crippen LogP contribution in [0, 0.1) is 17.3 Å². The Morgan fingerprint density at radius 3 is 1.27 bits per heavy atom. The van der Waals surface area contributed by atoms with Gasteiger partial charge in [-0.25, -0.2) is 0 Å². The third-order valence-corrected chi connectivity index (χ3v) is 4.36. The first kappa shape index (κ1) is 15.0. The van der Waals surface area contributed by atoms with Gasteiger partial charge in [-0.15, -0.1) is 0 Å². The normalized spacial score (nSPS) is 16.4. The van der Waals surface area contributed by atoms with Crippen LogP contribution in [0.15, 0.2) is 0 Å². The number of hydrogen-bond acceptors (Lipinski definition) is 0. The number of hydrogen-bond donors (Lipinski definition) is 0. The van der Waals surface area contributed by atoms with E-state index in [4.69, 9.17) is 0 Å². The smallest absolute Gasteiger partial charge is 0.0298 e. The van der Waals surface area contributed by atoms with E-state index in [1.54, 1.807) is 0 Å². The van der Waals surface area contributed by atoms with Gasteiger partial charge >= 0.3 is 0 Å².